The number of likely N-dealkylation sites (tertiary alicyclic amines) is 1. The molecular formula is C17H28N4S. The molecule has 1 aromatic rings. The summed E-state index contributed by atoms with van der Waals surface area (Å²) in [5.41, 5.74) is 1.71. The molecule has 1 saturated heterocycles. The summed E-state index contributed by atoms with van der Waals surface area (Å²) >= 11 is 1.75. The van der Waals surface area contributed by atoms with Crippen LogP contribution >= 0.6 is 11.3 Å². The molecule has 1 spiro atoms. The molecule has 2 fully saturated rings. The van der Waals surface area contributed by atoms with Crippen LogP contribution in [-0.4, -0.2) is 35.5 Å². The predicted molar refractivity (Wildman–Crippen MR) is 93.5 cm³/mol. The topological polar surface area (TPSA) is 40.5 Å². The first-order valence-electron chi connectivity index (χ1n) is 8.59. The number of nitrogens with zero attached hydrogens (tertiary/aromatic N) is 3. The van der Waals surface area contributed by atoms with Crippen LogP contribution in [0.1, 0.15) is 63.1 Å². The van der Waals surface area contributed by atoms with E-state index in [0.29, 0.717) is 17.9 Å². The number of aromatic nitrogens is 1. The maximum Gasteiger partial charge on any atom is 0.194 e. The predicted octanol–water partition coefficient (Wildman–Crippen LogP) is 3.61. The zero-order chi connectivity index (χ0) is 15.6. The standard InChI is InChI=1S/C17H28N4S/c1-4-18-16(21-9-8-17(12-21)6-5-7-17)19-10-14-11-22-15(20-14)13(2)3/h11,13H,4-10,12H2,1-3H3,(H,18,19). The summed E-state index contributed by atoms with van der Waals surface area (Å²) in [6, 6.07) is 0. The van der Waals surface area contributed by atoms with Gasteiger partial charge in [-0.1, -0.05) is 20.3 Å². The fourth-order valence-corrected chi connectivity index (χ4v) is 4.27. The lowest BCUT2D eigenvalue weighted by atomic mass is 9.68. The van der Waals surface area contributed by atoms with Crippen molar-refractivity contribution >= 4 is 17.3 Å². The van der Waals surface area contributed by atoms with Crippen LogP contribution in [0.15, 0.2) is 10.4 Å². The number of hydrogen-bond acceptors (Lipinski definition) is 3. The monoisotopic (exact) mass is 320 g/mol. The highest BCUT2D eigenvalue weighted by Crippen LogP contribution is 2.47. The van der Waals surface area contributed by atoms with E-state index in [4.69, 9.17) is 4.99 Å². The summed E-state index contributed by atoms with van der Waals surface area (Å²) < 4.78 is 0. The average molecular weight is 321 g/mol. The van der Waals surface area contributed by atoms with Gasteiger partial charge in [-0.3, -0.25) is 0 Å². The van der Waals surface area contributed by atoms with Crippen molar-refractivity contribution in [1.29, 1.82) is 0 Å². The molecule has 0 amide bonds. The van der Waals surface area contributed by atoms with E-state index < -0.39 is 0 Å². The fourth-order valence-electron chi connectivity index (χ4n) is 3.44. The van der Waals surface area contributed by atoms with Crippen molar-refractivity contribution in [3.63, 3.8) is 0 Å². The van der Waals surface area contributed by atoms with Crippen LogP contribution in [-0.2, 0) is 6.54 Å². The second kappa shape index (κ2) is 6.57. The fraction of sp³-hybridized carbons (Fsp3) is 0.765. The highest BCUT2D eigenvalue weighted by Gasteiger charge is 2.43. The third-order valence-corrected chi connectivity index (χ3v) is 6.14. The van der Waals surface area contributed by atoms with Crippen LogP contribution in [0.4, 0.5) is 0 Å². The Morgan fingerprint density at radius 2 is 2.27 bits per heavy atom. The van der Waals surface area contributed by atoms with Gasteiger partial charge in [0.2, 0.25) is 0 Å². The van der Waals surface area contributed by atoms with Crippen LogP contribution in [0.25, 0.3) is 0 Å². The van der Waals surface area contributed by atoms with Crippen molar-refractivity contribution in [3.05, 3.63) is 16.1 Å². The SMILES string of the molecule is CCNC(=NCc1csc(C(C)C)n1)N1CCC2(CCC2)C1. The van der Waals surface area contributed by atoms with Gasteiger partial charge in [0, 0.05) is 30.9 Å². The first-order valence-corrected chi connectivity index (χ1v) is 9.47. The molecule has 2 heterocycles. The Kier molecular flexibility index (Phi) is 4.71. The van der Waals surface area contributed by atoms with Crippen molar-refractivity contribution in [2.24, 2.45) is 10.4 Å². The molecular weight excluding hydrogens is 292 g/mol. The Hall–Kier alpha value is -1.10. The van der Waals surface area contributed by atoms with E-state index >= 15 is 0 Å². The maximum absolute atomic E-state index is 4.84. The zero-order valence-electron chi connectivity index (χ0n) is 14.1. The van der Waals surface area contributed by atoms with Crippen molar-refractivity contribution in [2.45, 2.75) is 58.9 Å². The Bertz CT molecular complexity index is 531. The van der Waals surface area contributed by atoms with Gasteiger partial charge in [-0.2, -0.15) is 0 Å². The van der Waals surface area contributed by atoms with Gasteiger partial charge < -0.3 is 10.2 Å². The molecule has 0 aromatic carbocycles. The molecule has 1 aromatic heterocycles. The molecule has 2 aliphatic rings. The summed E-state index contributed by atoms with van der Waals surface area (Å²) in [6.07, 6.45) is 5.57. The normalized spacial score (nSPS) is 20.7. The summed E-state index contributed by atoms with van der Waals surface area (Å²) in [7, 11) is 0. The van der Waals surface area contributed by atoms with E-state index in [1.807, 2.05) is 0 Å². The minimum absolute atomic E-state index is 0.507. The molecule has 1 N–H and O–H groups in total. The molecule has 0 atom stereocenters. The van der Waals surface area contributed by atoms with Crippen LogP contribution in [0.5, 0.6) is 0 Å². The third-order valence-electron chi connectivity index (χ3n) is 4.94. The van der Waals surface area contributed by atoms with E-state index in [-0.39, 0.29) is 0 Å². The van der Waals surface area contributed by atoms with Gasteiger partial charge in [-0.05, 0) is 31.6 Å². The Morgan fingerprint density at radius 3 is 2.82 bits per heavy atom. The maximum atomic E-state index is 4.84. The number of rotatable bonds is 4. The molecule has 1 saturated carbocycles. The van der Waals surface area contributed by atoms with E-state index in [9.17, 15) is 0 Å². The second-order valence-corrected chi connectivity index (χ2v) is 7.92. The molecule has 22 heavy (non-hydrogen) atoms. The van der Waals surface area contributed by atoms with Gasteiger partial charge in [-0.25, -0.2) is 9.98 Å². The first-order chi connectivity index (χ1) is 10.6. The van der Waals surface area contributed by atoms with Gasteiger partial charge >= 0.3 is 0 Å². The lowest BCUT2D eigenvalue weighted by Gasteiger charge is -2.38. The first kappa shape index (κ1) is 15.8. The Morgan fingerprint density at radius 1 is 1.45 bits per heavy atom. The lowest BCUT2D eigenvalue weighted by molar-refractivity contribution is 0.151. The number of guanidine groups is 1. The quantitative estimate of drug-likeness (QED) is 0.680. The molecule has 4 nitrogen and oxygen atoms in total. The molecule has 122 valence electrons. The second-order valence-electron chi connectivity index (χ2n) is 7.03. The van der Waals surface area contributed by atoms with E-state index in [2.05, 4.69) is 41.4 Å². The number of hydrogen-bond donors (Lipinski definition) is 1. The number of thiazole rings is 1. The van der Waals surface area contributed by atoms with Crippen LogP contribution < -0.4 is 5.32 Å². The molecule has 0 unspecified atom stereocenters. The van der Waals surface area contributed by atoms with E-state index in [1.165, 1.54) is 37.2 Å². The van der Waals surface area contributed by atoms with Crippen LogP contribution in [0, 0.1) is 5.41 Å². The average Bonchev–Trinajstić information content (AvgIpc) is 3.09. The van der Waals surface area contributed by atoms with Gasteiger partial charge in [-0.15, -0.1) is 11.3 Å². The van der Waals surface area contributed by atoms with Gasteiger partial charge in [0.25, 0.3) is 0 Å². The van der Waals surface area contributed by atoms with Gasteiger partial charge in [0.1, 0.15) is 0 Å². The van der Waals surface area contributed by atoms with Crippen molar-refractivity contribution in [2.75, 3.05) is 19.6 Å². The smallest absolute Gasteiger partial charge is 0.194 e. The molecule has 1 aliphatic heterocycles. The lowest BCUT2D eigenvalue weighted by Crippen LogP contribution is -2.42. The Balaban J connectivity index is 1.64. The molecule has 0 bridgehead atoms. The molecule has 0 radical (unpaired) electrons. The Labute approximate surface area is 138 Å². The van der Waals surface area contributed by atoms with Crippen LogP contribution in [0.3, 0.4) is 0 Å². The summed E-state index contributed by atoms with van der Waals surface area (Å²) in [4.78, 5) is 12.0. The summed E-state index contributed by atoms with van der Waals surface area (Å²) in [5, 5.41) is 6.83. The zero-order valence-corrected chi connectivity index (χ0v) is 14.9. The summed E-state index contributed by atoms with van der Waals surface area (Å²) in [5.74, 6) is 1.58. The highest BCUT2D eigenvalue weighted by atomic mass is 32.1. The van der Waals surface area contributed by atoms with Crippen molar-refractivity contribution in [3.8, 4) is 0 Å². The molecule has 5 heteroatoms. The van der Waals surface area contributed by atoms with Gasteiger partial charge in [0.15, 0.2) is 5.96 Å². The highest BCUT2D eigenvalue weighted by molar-refractivity contribution is 7.09. The van der Waals surface area contributed by atoms with E-state index in [0.717, 1.165) is 24.7 Å². The molecule has 1 aliphatic carbocycles. The molecule has 3 rings (SSSR count). The minimum atomic E-state index is 0.507. The summed E-state index contributed by atoms with van der Waals surface area (Å²) in [6.45, 7) is 10.5. The van der Waals surface area contributed by atoms with Crippen molar-refractivity contribution in [1.82, 2.24) is 15.2 Å². The minimum Gasteiger partial charge on any atom is -0.357 e. The third kappa shape index (κ3) is 3.29. The van der Waals surface area contributed by atoms with Crippen molar-refractivity contribution < 1.29 is 0 Å². The largest absolute Gasteiger partial charge is 0.357 e. The van der Waals surface area contributed by atoms with Crippen LogP contribution in [0.2, 0.25) is 0 Å². The van der Waals surface area contributed by atoms with E-state index in [1.54, 1.807) is 11.3 Å². The van der Waals surface area contributed by atoms with Gasteiger partial charge in [0.05, 0.1) is 17.2 Å². The number of nitrogens with one attached hydrogen (secondary N) is 1. The number of aliphatic imine (C=N–C) groups is 1.